The molecule has 0 amide bonds. The second-order valence-corrected chi connectivity index (χ2v) is 8.79. The van der Waals surface area contributed by atoms with Crippen LogP contribution in [0.1, 0.15) is 37.6 Å². The van der Waals surface area contributed by atoms with E-state index in [1.165, 1.54) is 0 Å². The van der Waals surface area contributed by atoms with Crippen LogP contribution in [0.2, 0.25) is 10.0 Å². The molecule has 2 aromatic rings. The third kappa shape index (κ3) is 3.61. The zero-order chi connectivity index (χ0) is 19.9. The standard InChI is InChI=1S/C21H25Cl2N3O2/c1-13-10-21(12-28-13)6-8-26(9-7-21)20-17(11-27)25-19(14(2)24-20)15-4-3-5-16(22)18(15)23/h3-5,13,27H,6-12H2,1-2H3/t13-/m0/s1. The monoisotopic (exact) mass is 421 g/mol. The summed E-state index contributed by atoms with van der Waals surface area (Å²) >= 11 is 12.5. The van der Waals surface area contributed by atoms with Crippen LogP contribution < -0.4 is 4.90 Å². The summed E-state index contributed by atoms with van der Waals surface area (Å²) < 4.78 is 5.83. The number of anilines is 1. The fourth-order valence-corrected chi connectivity index (χ4v) is 4.82. The summed E-state index contributed by atoms with van der Waals surface area (Å²) in [5.74, 6) is 0.767. The van der Waals surface area contributed by atoms with E-state index in [-0.39, 0.29) is 6.61 Å². The van der Waals surface area contributed by atoms with E-state index < -0.39 is 0 Å². The summed E-state index contributed by atoms with van der Waals surface area (Å²) in [6, 6.07) is 5.46. The molecule has 1 spiro atoms. The highest BCUT2D eigenvalue weighted by Gasteiger charge is 2.41. The lowest BCUT2D eigenvalue weighted by Gasteiger charge is -2.39. The zero-order valence-corrected chi connectivity index (χ0v) is 17.7. The van der Waals surface area contributed by atoms with Gasteiger partial charge in [0, 0.05) is 18.7 Å². The summed E-state index contributed by atoms with van der Waals surface area (Å²) in [6.45, 7) is 6.55. The maximum absolute atomic E-state index is 9.97. The van der Waals surface area contributed by atoms with Crippen molar-refractivity contribution in [1.82, 2.24) is 9.97 Å². The van der Waals surface area contributed by atoms with Gasteiger partial charge in [0.05, 0.1) is 40.8 Å². The summed E-state index contributed by atoms with van der Waals surface area (Å²) in [4.78, 5) is 11.8. The largest absolute Gasteiger partial charge is 0.390 e. The Morgan fingerprint density at radius 2 is 2.00 bits per heavy atom. The van der Waals surface area contributed by atoms with Gasteiger partial charge in [0.25, 0.3) is 0 Å². The fraction of sp³-hybridized carbons (Fsp3) is 0.524. The van der Waals surface area contributed by atoms with E-state index in [0.717, 1.165) is 56.0 Å². The van der Waals surface area contributed by atoms with Crippen molar-refractivity contribution < 1.29 is 9.84 Å². The van der Waals surface area contributed by atoms with Gasteiger partial charge in [-0.3, -0.25) is 0 Å². The molecular formula is C21H25Cl2N3O2. The molecule has 150 valence electrons. The molecule has 2 aliphatic rings. The first kappa shape index (κ1) is 19.9. The molecule has 1 aromatic carbocycles. The Bertz CT molecular complexity index is 882. The number of aliphatic hydroxyl groups is 1. The van der Waals surface area contributed by atoms with Gasteiger partial charge in [0.2, 0.25) is 0 Å². The number of rotatable bonds is 3. The number of ether oxygens (including phenoxy) is 1. The lowest BCUT2D eigenvalue weighted by Crippen LogP contribution is -2.41. The van der Waals surface area contributed by atoms with Gasteiger partial charge in [-0.25, -0.2) is 9.97 Å². The number of piperidine rings is 1. The third-order valence-corrected chi connectivity index (χ3v) is 6.81. The molecular weight excluding hydrogens is 397 g/mol. The van der Waals surface area contributed by atoms with Gasteiger partial charge in [0.15, 0.2) is 5.82 Å². The van der Waals surface area contributed by atoms with Gasteiger partial charge in [-0.05, 0) is 44.6 Å². The van der Waals surface area contributed by atoms with Crippen LogP contribution in [0.3, 0.4) is 0 Å². The molecule has 2 fully saturated rings. The van der Waals surface area contributed by atoms with Crippen molar-refractivity contribution in [2.45, 2.75) is 45.8 Å². The number of halogens is 2. The smallest absolute Gasteiger partial charge is 0.153 e. The first-order chi connectivity index (χ1) is 13.4. The van der Waals surface area contributed by atoms with E-state index in [9.17, 15) is 5.11 Å². The Morgan fingerprint density at radius 3 is 2.64 bits per heavy atom. The molecule has 28 heavy (non-hydrogen) atoms. The minimum absolute atomic E-state index is 0.171. The number of hydrogen-bond acceptors (Lipinski definition) is 5. The molecule has 2 saturated heterocycles. The SMILES string of the molecule is Cc1nc(N2CCC3(CC2)CO[C@@H](C)C3)c(CO)nc1-c1cccc(Cl)c1Cl. The van der Waals surface area contributed by atoms with Crippen LogP contribution in [-0.2, 0) is 11.3 Å². The predicted octanol–water partition coefficient (Wildman–Crippen LogP) is 4.65. The number of aryl methyl sites for hydroxylation is 1. The van der Waals surface area contributed by atoms with E-state index in [4.69, 9.17) is 37.9 Å². The average Bonchev–Trinajstić information content (AvgIpc) is 3.05. The molecule has 3 heterocycles. The Kier molecular flexibility index (Phi) is 5.53. The molecule has 0 aliphatic carbocycles. The Labute approximate surface area is 175 Å². The number of aromatic nitrogens is 2. The Hall–Kier alpha value is -1.40. The van der Waals surface area contributed by atoms with Crippen LogP contribution >= 0.6 is 23.2 Å². The van der Waals surface area contributed by atoms with Crippen LogP contribution in [0, 0.1) is 12.3 Å². The van der Waals surface area contributed by atoms with Crippen LogP contribution in [-0.4, -0.2) is 40.9 Å². The molecule has 1 N–H and O–H groups in total. The van der Waals surface area contributed by atoms with E-state index in [0.29, 0.717) is 33.0 Å². The summed E-state index contributed by atoms with van der Waals surface area (Å²) in [7, 11) is 0. The van der Waals surface area contributed by atoms with Gasteiger partial charge < -0.3 is 14.7 Å². The van der Waals surface area contributed by atoms with Crippen molar-refractivity contribution in [1.29, 1.82) is 0 Å². The lowest BCUT2D eigenvalue weighted by atomic mass is 9.77. The highest BCUT2D eigenvalue weighted by Crippen LogP contribution is 2.43. The number of nitrogens with zero attached hydrogens (tertiary/aromatic N) is 3. The molecule has 2 aliphatic heterocycles. The van der Waals surface area contributed by atoms with Crippen LogP contribution in [0.5, 0.6) is 0 Å². The highest BCUT2D eigenvalue weighted by molar-refractivity contribution is 6.43. The molecule has 4 rings (SSSR count). The second-order valence-electron chi connectivity index (χ2n) is 8.00. The van der Waals surface area contributed by atoms with Crippen LogP contribution in [0.4, 0.5) is 5.82 Å². The van der Waals surface area contributed by atoms with Gasteiger partial charge in [-0.2, -0.15) is 0 Å². The maximum atomic E-state index is 9.97. The predicted molar refractivity (Wildman–Crippen MR) is 112 cm³/mol. The van der Waals surface area contributed by atoms with Crippen LogP contribution in [0.15, 0.2) is 18.2 Å². The maximum Gasteiger partial charge on any atom is 0.153 e. The number of benzene rings is 1. The molecule has 0 bridgehead atoms. The molecule has 0 radical (unpaired) electrons. The van der Waals surface area contributed by atoms with Gasteiger partial charge in [-0.15, -0.1) is 0 Å². The van der Waals surface area contributed by atoms with Crippen molar-refractivity contribution in [3.05, 3.63) is 39.6 Å². The molecule has 7 heteroatoms. The van der Waals surface area contributed by atoms with Crippen molar-refractivity contribution >= 4 is 29.0 Å². The molecule has 1 aromatic heterocycles. The third-order valence-electron chi connectivity index (χ3n) is 6.00. The van der Waals surface area contributed by atoms with E-state index in [1.54, 1.807) is 6.07 Å². The minimum atomic E-state index is -0.171. The van der Waals surface area contributed by atoms with E-state index in [1.807, 2.05) is 19.1 Å². The van der Waals surface area contributed by atoms with Gasteiger partial charge >= 0.3 is 0 Å². The van der Waals surface area contributed by atoms with E-state index >= 15 is 0 Å². The second kappa shape index (κ2) is 7.79. The molecule has 5 nitrogen and oxygen atoms in total. The fourth-order valence-electron chi connectivity index (χ4n) is 4.43. The van der Waals surface area contributed by atoms with Crippen molar-refractivity contribution in [2.75, 3.05) is 24.6 Å². The number of aliphatic hydroxyl groups excluding tert-OH is 1. The molecule has 0 unspecified atom stereocenters. The summed E-state index contributed by atoms with van der Waals surface area (Å²) in [5.41, 5.74) is 3.03. The quantitative estimate of drug-likeness (QED) is 0.781. The van der Waals surface area contributed by atoms with E-state index in [2.05, 4.69) is 11.8 Å². The average molecular weight is 422 g/mol. The Balaban J connectivity index is 1.62. The van der Waals surface area contributed by atoms with Crippen molar-refractivity contribution in [3.63, 3.8) is 0 Å². The zero-order valence-electron chi connectivity index (χ0n) is 16.2. The molecule has 1 atom stereocenters. The number of hydrogen-bond donors (Lipinski definition) is 1. The first-order valence-corrected chi connectivity index (χ1v) is 10.5. The summed E-state index contributed by atoms with van der Waals surface area (Å²) in [5, 5.41) is 10.9. The van der Waals surface area contributed by atoms with Crippen molar-refractivity contribution in [2.24, 2.45) is 5.41 Å². The summed E-state index contributed by atoms with van der Waals surface area (Å²) in [6.07, 6.45) is 3.63. The highest BCUT2D eigenvalue weighted by atomic mass is 35.5. The van der Waals surface area contributed by atoms with Crippen LogP contribution in [0.25, 0.3) is 11.3 Å². The lowest BCUT2D eigenvalue weighted by molar-refractivity contribution is 0.0975. The molecule has 0 saturated carbocycles. The topological polar surface area (TPSA) is 58.5 Å². The Morgan fingerprint density at radius 1 is 1.25 bits per heavy atom. The van der Waals surface area contributed by atoms with Gasteiger partial charge in [-0.1, -0.05) is 35.3 Å². The minimum Gasteiger partial charge on any atom is -0.390 e. The van der Waals surface area contributed by atoms with Gasteiger partial charge in [0.1, 0.15) is 5.69 Å². The van der Waals surface area contributed by atoms with Crippen molar-refractivity contribution in [3.8, 4) is 11.3 Å². The first-order valence-electron chi connectivity index (χ1n) is 9.72. The normalized spacial score (nSPS) is 21.5.